The molecule has 3 aromatic carbocycles. The van der Waals surface area contributed by atoms with Gasteiger partial charge >= 0.3 is 0 Å². The number of carbonyl (C=O) groups is 1. The number of nitro benzene ring substituents is 1. The van der Waals surface area contributed by atoms with Gasteiger partial charge in [0.05, 0.1) is 22.3 Å². The Kier molecular flexibility index (Phi) is 4.75. The number of non-ortho nitro benzene ring substituents is 1. The molecule has 6 nitrogen and oxygen atoms in total. The first kappa shape index (κ1) is 19.1. The molecule has 0 bridgehead atoms. The van der Waals surface area contributed by atoms with Crippen molar-refractivity contribution in [1.29, 1.82) is 0 Å². The average molecular weight is 411 g/mol. The number of hydrogen-bond donors (Lipinski definition) is 2. The lowest BCUT2D eigenvalue weighted by Gasteiger charge is -2.29. The average Bonchev–Trinajstić information content (AvgIpc) is 2.96. The zero-order valence-corrected chi connectivity index (χ0v) is 16.7. The van der Waals surface area contributed by atoms with Crippen molar-refractivity contribution in [3.05, 3.63) is 111 Å². The second-order valence-electron chi connectivity index (χ2n) is 7.93. The van der Waals surface area contributed by atoms with Crippen LogP contribution in [0.3, 0.4) is 0 Å². The highest BCUT2D eigenvalue weighted by molar-refractivity contribution is 6.01. The van der Waals surface area contributed by atoms with E-state index in [1.54, 1.807) is 12.1 Å². The Hall–Kier alpha value is -3.93. The number of carbonyl (C=O) groups excluding carboxylic acids is 1. The van der Waals surface area contributed by atoms with Gasteiger partial charge in [0.25, 0.3) is 5.69 Å². The highest BCUT2D eigenvalue weighted by Crippen LogP contribution is 2.44. The van der Waals surface area contributed by atoms with Crippen molar-refractivity contribution in [3.8, 4) is 0 Å². The smallest absolute Gasteiger partial charge is 0.269 e. The summed E-state index contributed by atoms with van der Waals surface area (Å²) in [5.74, 6) is 0.149. The first-order chi connectivity index (χ1) is 15.1. The summed E-state index contributed by atoms with van der Waals surface area (Å²) in [6, 6.07) is 23.9. The number of nitro groups is 1. The summed E-state index contributed by atoms with van der Waals surface area (Å²) in [5, 5.41) is 18.3. The number of benzene rings is 3. The molecule has 0 saturated heterocycles. The Bertz CT molecular complexity index is 1200. The third-order valence-corrected chi connectivity index (χ3v) is 5.99. The lowest BCUT2D eigenvalue weighted by atomic mass is 9.78. The monoisotopic (exact) mass is 411 g/mol. The van der Waals surface area contributed by atoms with Crippen LogP contribution in [0.1, 0.15) is 35.9 Å². The van der Waals surface area contributed by atoms with E-state index in [9.17, 15) is 14.9 Å². The largest absolute Gasteiger partial charge is 0.372 e. The third kappa shape index (κ3) is 3.57. The SMILES string of the molecule is O=C1C[C@@H](c2ccccc2)CC2=C1[C@@H](c1cccc([N+](=O)[O-])c1)Nc1ccccc1N2. The number of nitrogens with one attached hydrogen (secondary N) is 2. The van der Waals surface area contributed by atoms with E-state index in [2.05, 4.69) is 22.8 Å². The molecule has 0 saturated carbocycles. The Morgan fingerprint density at radius 2 is 1.55 bits per heavy atom. The molecule has 3 aromatic rings. The molecule has 5 rings (SSSR count). The molecule has 0 unspecified atom stereocenters. The topological polar surface area (TPSA) is 84.3 Å². The van der Waals surface area contributed by atoms with Crippen molar-refractivity contribution in [2.24, 2.45) is 0 Å². The summed E-state index contributed by atoms with van der Waals surface area (Å²) in [5.41, 5.74) is 5.13. The summed E-state index contributed by atoms with van der Waals surface area (Å²) in [7, 11) is 0. The van der Waals surface area contributed by atoms with Crippen molar-refractivity contribution in [1.82, 2.24) is 0 Å². The van der Waals surface area contributed by atoms with Gasteiger partial charge in [-0.3, -0.25) is 14.9 Å². The molecule has 154 valence electrons. The van der Waals surface area contributed by atoms with E-state index in [0.717, 1.165) is 22.6 Å². The maximum atomic E-state index is 13.4. The molecule has 0 aromatic heterocycles. The van der Waals surface area contributed by atoms with Crippen LogP contribution in [0.15, 0.2) is 90.1 Å². The normalized spacial score (nSPS) is 20.1. The van der Waals surface area contributed by atoms with Gasteiger partial charge in [0.2, 0.25) is 0 Å². The number of rotatable bonds is 3. The number of Topliss-reactive ketones (excluding diaryl/α,β-unsaturated/α-hetero) is 1. The summed E-state index contributed by atoms with van der Waals surface area (Å²) >= 11 is 0. The molecular weight excluding hydrogens is 390 g/mol. The minimum Gasteiger partial charge on any atom is -0.372 e. The van der Waals surface area contributed by atoms with Crippen LogP contribution in [-0.4, -0.2) is 10.7 Å². The van der Waals surface area contributed by atoms with E-state index in [1.165, 1.54) is 6.07 Å². The van der Waals surface area contributed by atoms with Crippen molar-refractivity contribution >= 4 is 22.8 Å². The number of anilines is 2. The molecule has 0 fully saturated rings. The van der Waals surface area contributed by atoms with E-state index < -0.39 is 11.0 Å². The minimum atomic E-state index is -0.463. The van der Waals surface area contributed by atoms with Gasteiger partial charge < -0.3 is 10.6 Å². The van der Waals surface area contributed by atoms with E-state index in [4.69, 9.17) is 0 Å². The molecular formula is C25H21N3O3. The molecule has 31 heavy (non-hydrogen) atoms. The van der Waals surface area contributed by atoms with E-state index in [-0.39, 0.29) is 17.4 Å². The molecule has 0 spiro atoms. The van der Waals surface area contributed by atoms with Crippen LogP contribution in [0, 0.1) is 10.1 Å². The van der Waals surface area contributed by atoms with Gasteiger partial charge in [0.15, 0.2) is 5.78 Å². The molecule has 2 aliphatic rings. The fraction of sp³-hybridized carbons (Fsp3) is 0.160. The van der Waals surface area contributed by atoms with Crippen molar-refractivity contribution in [2.45, 2.75) is 24.8 Å². The first-order valence-electron chi connectivity index (χ1n) is 10.3. The fourth-order valence-electron chi connectivity index (χ4n) is 4.52. The highest BCUT2D eigenvalue weighted by atomic mass is 16.6. The zero-order valence-electron chi connectivity index (χ0n) is 16.7. The number of ketones is 1. The number of nitrogens with zero attached hydrogens (tertiary/aromatic N) is 1. The predicted octanol–water partition coefficient (Wildman–Crippen LogP) is 5.57. The predicted molar refractivity (Wildman–Crippen MR) is 120 cm³/mol. The van der Waals surface area contributed by atoms with Crippen LogP contribution in [0.2, 0.25) is 0 Å². The van der Waals surface area contributed by atoms with Crippen LogP contribution in [-0.2, 0) is 4.79 Å². The van der Waals surface area contributed by atoms with Crippen LogP contribution in [0.25, 0.3) is 0 Å². The maximum absolute atomic E-state index is 13.4. The number of para-hydroxylation sites is 2. The van der Waals surface area contributed by atoms with Crippen LogP contribution >= 0.6 is 0 Å². The van der Waals surface area contributed by atoms with Gasteiger partial charge in [-0.15, -0.1) is 0 Å². The molecule has 1 aliphatic heterocycles. The van der Waals surface area contributed by atoms with E-state index in [1.807, 2.05) is 48.5 Å². The van der Waals surface area contributed by atoms with E-state index in [0.29, 0.717) is 24.0 Å². The van der Waals surface area contributed by atoms with Gasteiger partial charge in [-0.1, -0.05) is 54.6 Å². The van der Waals surface area contributed by atoms with E-state index >= 15 is 0 Å². The fourth-order valence-corrected chi connectivity index (χ4v) is 4.52. The summed E-state index contributed by atoms with van der Waals surface area (Å²) in [6.07, 6.45) is 1.11. The van der Waals surface area contributed by atoms with Crippen molar-refractivity contribution in [3.63, 3.8) is 0 Å². The molecule has 0 radical (unpaired) electrons. The summed E-state index contributed by atoms with van der Waals surface area (Å²) in [6.45, 7) is 0. The van der Waals surface area contributed by atoms with Crippen molar-refractivity contribution in [2.75, 3.05) is 10.6 Å². The molecule has 0 amide bonds. The molecule has 1 aliphatic carbocycles. The van der Waals surface area contributed by atoms with Crippen molar-refractivity contribution < 1.29 is 9.72 Å². The van der Waals surface area contributed by atoms with Gasteiger partial charge in [0, 0.05) is 29.8 Å². The Morgan fingerprint density at radius 3 is 2.32 bits per heavy atom. The van der Waals surface area contributed by atoms with Crippen LogP contribution < -0.4 is 10.6 Å². The minimum absolute atomic E-state index is 0.0114. The highest BCUT2D eigenvalue weighted by Gasteiger charge is 2.36. The third-order valence-electron chi connectivity index (χ3n) is 5.99. The Balaban J connectivity index is 1.63. The van der Waals surface area contributed by atoms with Gasteiger partial charge in [-0.25, -0.2) is 0 Å². The maximum Gasteiger partial charge on any atom is 0.269 e. The second kappa shape index (κ2) is 7.72. The number of hydrogen-bond acceptors (Lipinski definition) is 5. The van der Waals surface area contributed by atoms with Gasteiger partial charge in [0.1, 0.15) is 0 Å². The van der Waals surface area contributed by atoms with Gasteiger partial charge in [-0.05, 0) is 35.6 Å². The summed E-state index contributed by atoms with van der Waals surface area (Å²) < 4.78 is 0. The molecule has 2 atom stereocenters. The van der Waals surface area contributed by atoms with Gasteiger partial charge in [-0.2, -0.15) is 0 Å². The second-order valence-corrected chi connectivity index (χ2v) is 7.93. The lowest BCUT2D eigenvalue weighted by molar-refractivity contribution is -0.384. The quantitative estimate of drug-likeness (QED) is 0.434. The Morgan fingerprint density at radius 1 is 0.839 bits per heavy atom. The molecule has 1 heterocycles. The lowest BCUT2D eigenvalue weighted by Crippen LogP contribution is -2.26. The standard InChI is InChI=1S/C25H21N3O3/c29-23-15-18(16-7-2-1-3-8-16)14-22-24(23)25(17-9-6-10-19(13-17)28(30)31)27-21-12-5-4-11-20(21)26-22/h1-13,18,25-27H,14-15H2/t18-,25+/m0/s1. The Labute approximate surface area is 179 Å². The number of fused-ring (bicyclic) bond motifs is 1. The zero-order chi connectivity index (χ0) is 21.4. The molecule has 2 N–H and O–H groups in total. The number of allylic oxidation sites excluding steroid dienone is 1. The summed E-state index contributed by atoms with van der Waals surface area (Å²) in [4.78, 5) is 24.4. The first-order valence-corrected chi connectivity index (χ1v) is 10.3. The van der Waals surface area contributed by atoms with Crippen LogP contribution in [0.5, 0.6) is 0 Å². The molecule has 6 heteroatoms. The van der Waals surface area contributed by atoms with Crippen LogP contribution in [0.4, 0.5) is 17.1 Å².